The molecule has 0 aromatic heterocycles. The minimum absolute atomic E-state index is 0.147. The van der Waals surface area contributed by atoms with Crippen LogP contribution in [0.3, 0.4) is 0 Å². The van der Waals surface area contributed by atoms with Gasteiger partial charge in [0.05, 0.1) is 19.1 Å². The van der Waals surface area contributed by atoms with Crippen LogP contribution >= 0.6 is 0 Å². The molecule has 20 heavy (non-hydrogen) atoms. The lowest BCUT2D eigenvalue weighted by Crippen LogP contribution is -1.99. The first-order valence-corrected chi connectivity index (χ1v) is 6.67. The van der Waals surface area contributed by atoms with Gasteiger partial charge in [-0.25, -0.2) is 0 Å². The molecule has 5 heteroatoms. The van der Waals surface area contributed by atoms with E-state index >= 15 is 0 Å². The molecule has 0 saturated heterocycles. The van der Waals surface area contributed by atoms with Gasteiger partial charge in [0.2, 0.25) is 5.70 Å². The van der Waals surface area contributed by atoms with Crippen molar-refractivity contribution in [2.45, 2.75) is 33.1 Å². The van der Waals surface area contributed by atoms with Crippen LogP contribution < -0.4 is 9.47 Å². The van der Waals surface area contributed by atoms with Crippen molar-refractivity contribution in [3.8, 4) is 11.5 Å². The van der Waals surface area contributed by atoms with Gasteiger partial charge in [0.25, 0.3) is 0 Å². The molecule has 0 fully saturated rings. The van der Waals surface area contributed by atoms with Crippen LogP contribution in [0.4, 0.5) is 0 Å². The van der Waals surface area contributed by atoms with E-state index < -0.39 is 0 Å². The van der Waals surface area contributed by atoms with Crippen LogP contribution in [0, 0.1) is 10.1 Å². The maximum atomic E-state index is 10.9. The fourth-order valence-corrected chi connectivity index (χ4v) is 2.03. The van der Waals surface area contributed by atoms with E-state index in [9.17, 15) is 10.1 Å². The standard InChI is InChI=1S/C15H21NO4/c1-5-7-11-9-15(20-4)12(10-14(11)19-3)8-13(6-2)16(17)18/h8-10H,5-7H2,1-4H3. The first-order valence-electron chi connectivity index (χ1n) is 6.67. The van der Waals surface area contributed by atoms with Crippen molar-refractivity contribution in [3.63, 3.8) is 0 Å². The van der Waals surface area contributed by atoms with Gasteiger partial charge in [0.1, 0.15) is 11.5 Å². The number of allylic oxidation sites excluding steroid dienone is 1. The Labute approximate surface area is 119 Å². The number of benzene rings is 1. The Hall–Kier alpha value is -2.04. The molecule has 0 amide bonds. The summed E-state index contributed by atoms with van der Waals surface area (Å²) in [7, 11) is 3.16. The van der Waals surface area contributed by atoms with Crippen molar-refractivity contribution in [2.24, 2.45) is 0 Å². The molecule has 110 valence electrons. The molecule has 5 nitrogen and oxygen atoms in total. The van der Waals surface area contributed by atoms with E-state index in [0.717, 1.165) is 24.2 Å². The molecule has 1 rings (SSSR count). The van der Waals surface area contributed by atoms with Crippen molar-refractivity contribution < 1.29 is 14.4 Å². The molecular formula is C15H21NO4. The molecule has 0 aliphatic heterocycles. The van der Waals surface area contributed by atoms with Crippen molar-refractivity contribution in [1.82, 2.24) is 0 Å². The van der Waals surface area contributed by atoms with E-state index in [-0.39, 0.29) is 10.6 Å². The number of aryl methyl sites for hydroxylation is 1. The fraction of sp³-hybridized carbons (Fsp3) is 0.467. The van der Waals surface area contributed by atoms with E-state index in [1.807, 2.05) is 6.07 Å². The second-order valence-corrected chi connectivity index (χ2v) is 4.40. The van der Waals surface area contributed by atoms with E-state index in [2.05, 4.69) is 6.92 Å². The van der Waals surface area contributed by atoms with E-state index in [1.54, 1.807) is 27.2 Å². The maximum absolute atomic E-state index is 10.9. The van der Waals surface area contributed by atoms with E-state index in [0.29, 0.717) is 17.7 Å². The maximum Gasteiger partial charge on any atom is 0.246 e. The molecule has 1 aromatic carbocycles. The van der Waals surface area contributed by atoms with Gasteiger partial charge in [0.15, 0.2) is 0 Å². The molecular weight excluding hydrogens is 258 g/mol. The molecule has 1 aromatic rings. The number of ether oxygens (including phenoxy) is 2. The second kappa shape index (κ2) is 7.53. The first kappa shape index (κ1) is 16.0. The smallest absolute Gasteiger partial charge is 0.246 e. The number of rotatable bonds is 7. The second-order valence-electron chi connectivity index (χ2n) is 4.40. The largest absolute Gasteiger partial charge is 0.496 e. The monoisotopic (exact) mass is 279 g/mol. The number of hydrogen-bond acceptors (Lipinski definition) is 4. The molecule has 0 bridgehead atoms. The number of nitrogens with zero attached hydrogens (tertiary/aromatic N) is 1. The summed E-state index contributed by atoms with van der Waals surface area (Å²) in [5.41, 5.74) is 1.86. The Bertz CT molecular complexity index is 509. The Morgan fingerprint density at radius 2 is 1.90 bits per heavy atom. The predicted octanol–water partition coefficient (Wildman–Crippen LogP) is 3.68. The highest BCUT2D eigenvalue weighted by Crippen LogP contribution is 2.31. The van der Waals surface area contributed by atoms with Gasteiger partial charge >= 0.3 is 0 Å². The molecule has 0 N–H and O–H groups in total. The van der Waals surface area contributed by atoms with Crippen LogP contribution in [0.1, 0.15) is 37.8 Å². The summed E-state index contributed by atoms with van der Waals surface area (Å²) in [5.74, 6) is 1.36. The highest BCUT2D eigenvalue weighted by atomic mass is 16.6. The summed E-state index contributed by atoms with van der Waals surface area (Å²) in [6.07, 6.45) is 3.76. The minimum atomic E-state index is -0.369. The van der Waals surface area contributed by atoms with Gasteiger partial charge in [0, 0.05) is 18.1 Å². The van der Waals surface area contributed by atoms with E-state index in [4.69, 9.17) is 9.47 Å². The molecule has 0 spiro atoms. The Morgan fingerprint density at radius 3 is 2.35 bits per heavy atom. The van der Waals surface area contributed by atoms with Gasteiger partial charge in [-0.2, -0.15) is 0 Å². The van der Waals surface area contributed by atoms with Crippen molar-refractivity contribution in [1.29, 1.82) is 0 Å². The van der Waals surface area contributed by atoms with Gasteiger partial charge in [-0.1, -0.05) is 20.3 Å². The average molecular weight is 279 g/mol. The third kappa shape index (κ3) is 3.73. The number of methoxy groups -OCH3 is 2. The predicted molar refractivity (Wildman–Crippen MR) is 78.8 cm³/mol. The SMILES string of the molecule is CCCc1cc(OC)c(C=C(CC)[N+](=O)[O-])cc1OC. The van der Waals surface area contributed by atoms with Crippen LogP contribution in [0.25, 0.3) is 6.08 Å². The van der Waals surface area contributed by atoms with Crippen LogP contribution in [-0.2, 0) is 6.42 Å². The summed E-state index contributed by atoms with van der Waals surface area (Å²) in [6.45, 7) is 3.84. The Kier molecular flexibility index (Phi) is 6.03. The van der Waals surface area contributed by atoms with Crippen molar-refractivity contribution in [3.05, 3.63) is 39.1 Å². The zero-order valence-electron chi connectivity index (χ0n) is 12.4. The lowest BCUT2D eigenvalue weighted by atomic mass is 10.0. The zero-order valence-corrected chi connectivity index (χ0v) is 12.4. The zero-order chi connectivity index (χ0) is 15.1. The number of nitro groups is 1. The summed E-state index contributed by atoms with van der Waals surface area (Å²) >= 11 is 0. The van der Waals surface area contributed by atoms with Gasteiger partial charge in [-0.15, -0.1) is 0 Å². The van der Waals surface area contributed by atoms with Gasteiger partial charge in [-0.3, -0.25) is 10.1 Å². The highest BCUT2D eigenvalue weighted by Gasteiger charge is 2.13. The molecule has 0 atom stereocenters. The fourth-order valence-electron chi connectivity index (χ4n) is 2.03. The highest BCUT2D eigenvalue weighted by molar-refractivity contribution is 5.62. The minimum Gasteiger partial charge on any atom is -0.496 e. The Morgan fingerprint density at radius 1 is 1.25 bits per heavy atom. The van der Waals surface area contributed by atoms with Crippen LogP contribution in [0.5, 0.6) is 11.5 Å². The average Bonchev–Trinajstić information content (AvgIpc) is 2.45. The topological polar surface area (TPSA) is 61.6 Å². The summed E-state index contributed by atoms with van der Waals surface area (Å²) < 4.78 is 10.7. The van der Waals surface area contributed by atoms with Crippen LogP contribution in [0.2, 0.25) is 0 Å². The van der Waals surface area contributed by atoms with Crippen LogP contribution in [-0.4, -0.2) is 19.1 Å². The summed E-state index contributed by atoms with van der Waals surface area (Å²) in [5, 5.41) is 10.9. The van der Waals surface area contributed by atoms with Gasteiger partial charge < -0.3 is 9.47 Å². The molecule has 0 aliphatic carbocycles. The lowest BCUT2D eigenvalue weighted by molar-refractivity contribution is -0.425. The molecule has 0 saturated carbocycles. The normalized spacial score (nSPS) is 11.3. The summed E-state index contributed by atoms with van der Waals surface area (Å²) in [4.78, 5) is 10.6. The van der Waals surface area contributed by atoms with Gasteiger partial charge in [-0.05, 0) is 24.1 Å². The summed E-state index contributed by atoms with van der Waals surface area (Å²) in [6, 6.07) is 3.68. The van der Waals surface area contributed by atoms with Crippen molar-refractivity contribution in [2.75, 3.05) is 14.2 Å². The quantitative estimate of drug-likeness (QED) is 0.564. The molecule has 0 unspecified atom stereocenters. The lowest BCUT2D eigenvalue weighted by Gasteiger charge is -2.12. The third-order valence-corrected chi connectivity index (χ3v) is 3.07. The number of hydrogen-bond donors (Lipinski definition) is 0. The Balaban J connectivity index is 3.35. The third-order valence-electron chi connectivity index (χ3n) is 3.07. The van der Waals surface area contributed by atoms with Crippen LogP contribution in [0.15, 0.2) is 17.8 Å². The molecule has 0 radical (unpaired) electrons. The molecule has 0 heterocycles. The first-order chi connectivity index (χ1) is 9.57. The molecule has 0 aliphatic rings. The van der Waals surface area contributed by atoms with E-state index in [1.165, 1.54) is 6.08 Å². The van der Waals surface area contributed by atoms with Crippen molar-refractivity contribution >= 4 is 6.08 Å².